The van der Waals surface area contributed by atoms with Gasteiger partial charge in [-0.1, -0.05) is 12.1 Å². The molecule has 4 nitrogen and oxygen atoms in total. The summed E-state index contributed by atoms with van der Waals surface area (Å²) in [4.78, 5) is 4.00. The Morgan fingerprint density at radius 2 is 2.29 bits per heavy atom. The quantitative estimate of drug-likeness (QED) is 0.866. The van der Waals surface area contributed by atoms with Crippen LogP contribution in [0.25, 0.3) is 0 Å². The first kappa shape index (κ1) is 11.8. The molecule has 17 heavy (non-hydrogen) atoms. The van der Waals surface area contributed by atoms with Gasteiger partial charge in [0.25, 0.3) is 0 Å². The zero-order valence-corrected chi connectivity index (χ0v) is 10.6. The van der Waals surface area contributed by atoms with Crippen LogP contribution >= 0.6 is 15.9 Å². The van der Waals surface area contributed by atoms with Crippen LogP contribution < -0.4 is 5.73 Å². The monoisotopic (exact) mass is 296 g/mol. The predicted octanol–water partition coefficient (Wildman–Crippen LogP) is 2.56. The first-order valence-corrected chi connectivity index (χ1v) is 5.67. The van der Waals surface area contributed by atoms with Gasteiger partial charge in [-0.3, -0.25) is 0 Å². The van der Waals surface area contributed by atoms with Crippen molar-refractivity contribution in [3.8, 4) is 0 Å². The summed E-state index contributed by atoms with van der Waals surface area (Å²) in [5.41, 5.74) is 7.04. The summed E-state index contributed by atoms with van der Waals surface area (Å²) in [5.74, 6) is -0.0324. The molecule has 88 valence electrons. The zero-order valence-electron chi connectivity index (χ0n) is 9.06. The molecule has 2 rings (SSSR count). The molecule has 0 bridgehead atoms. The number of nitrogen functional groups attached to an aromatic ring is 1. The van der Waals surface area contributed by atoms with Gasteiger partial charge < -0.3 is 5.73 Å². The SMILES string of the molecule is Cc1cn(N=Cc2cccc(F)c2Br)c(N)n1. The molecular formula is C11H10BrFN4. The maximum Gasteiger partial charge on any atom is 0.221 e. The van der Waals surface area contributed by atoms with Gasteiger partial charge in [0.15, 0.2) is 0 Å². The number of nitrogens with two attached hydrogens (primary N) is 1. The van der Waals surface area contributed by atoms with Crippen molar-refractivity contribution in [2.45, 2.75) is 6.92 Å². The van der Waals surface area contributed by atoms with E-state index in [-0.39, 0.29) is 5.82 Å². The Kier molecular flexibility index (Phi) is 3.23. The van der Waals surface area contributed by atoms with E-state index in [1.807, 2.05) is 6.92 Å². The maximum absolute atomic E-state index is 13.2. The fraction of sp³-hybridized carbons (Fsp3) is 0.0909. The van der Waals surface area contributed by atoms with Gasteiger partial charge in [-0.05, 0) is 28.9 Å². The topological polar surface area (TPSA) is 56.2 Å². The van der Waals surface area contributed by atoms with Crippen LogP contribution in [0.5, 0.6) is 0 Å². The molecule has 0 unspecified atom stereocenters. The van der Waals surface area contributed by atoms with Gasteiger partial charge in [0, 0.05) is 5.56 Å². The normalized spacial score (nSPS) is 11.2. The fourth-order valence-electron chi connectivity index (χ4n) is 1.34. The molecular weight excluding hydrogens is 287 g/mol. The lowest BCUT2D eigenvalue weighted by Gasteiger charge is -1.99. The van der Waals surface area contributed by atoms with Gasteiger partial charge in [0.2, 0.25) is 5.95 Å². The van der Waals surface area contributed by atoms with E-state index < -0.39 is 0 Å². The molecule has 6 heteroatoms. The molecule has 0 atom stereocenters. The van der Waals surface area contributed by atoms with Gasteiger partial charge >= 0.3 is 0 Å². The predicted molar refractivity (Wildman–Crippen MR) is 68.5 cm³/mol. The first-order valence-electron chi connectivity index (χ1n) is 4.88. The number of aryl methyl sites for hydroxylation is 1. The average molecular weight is 297 g/mol. The van der Waals surface area contributed by atoms with Gasteiger partial charge in [-0.25, -0.2) is 14.1 Å². The number of aromatic nitrogens is 2. The molecule has 2 N–H and O–H groups in total. The number of halogens is 2. The van der Waals surface area contributed by atoms with E-state index in [2.05, 4.69) is 26.0 Å². The van der Waals surface area contributed by atoms with E-state index in [4.69, 9.17) is 5.73 Å². The van der Waals surface area contributed by atoms with E-state index in [0.29, 0.717) is 16.0 Å². The van der Waals surface area contributed by atoms with E-state index in [1.165, 1.54) is 17.0 Å². The summed E-state index contributed by atoms with van der Waals surface area (Å²) in [5, 5.41) is 4.11. The Bertz CT molecular complexity index is 577. The molecule has 0 radical (unpaired) electrons. The smallest absolute Gasteiger partial charge is 0.221 e. The Labute approximate surface area is 106 Å². The van der Waals surface area contributed by atoms with Crippen LogP contribution in [0.2, 0.25) is 0 Å². The molecule has 0 fully saturated rings. The number of benzene rings is 1. The summed E-state index contributed by atoms with van der Waals surface area (Å²) in [6, 6.07) is 4.73. The lowest BCUT2D eigenvalue weighted by Crippen LogP contribution is -1.97. The lowest BCUT2D eigenvalue weighted by molar-refractivity contribution is 0.621. The Hall–Kier alpha value is -1.69. The van der Waals surface area contributed by atoms with Crippen LogP contribution in [0.3, 0.4) is 0 Å². The summed E-state index contributed by atoms with van der Waals surface area (Å²) >= 11 is 3.16. The van der Waals surface area contributed by atoms with E-state index >= 15 is 0 Å². The standard InChI is InChI=1S/C11H10BrFN4/c1-7-6-17(11(14)16-7)15-5-8-3-2-4-9(13)10(8)12/h2-6H,1H3,(H2,14,16). The highest BCUT2D eigenvalue weighted by Gasteiger charge is 2.03. The van der Waals surface area contributed by atoms with Gasteiger partial charge in [0.1, 0.15) is 5.82 Å². The van der Waals surface area contributed by atoms with Crippen molar-refractivity contribution in [1.82, 2.24) is 9.66 Å². The highest BCUT2D eigenvalue weighted by atomic mass is 79.9. The van der Waals surface area contributed by atoms with Crippen LogP contribution in [-0.2, 0) is 0 Å². The third-order valence-electron chi connectivity index (χ3n) is 2.14. The minimum atomic E-state index is -0.330. The average Bonchev–Trinajstić information content (AvgIpc) is 2.60. The van der Waals surface area contributed by atoms with Crippen molar-refractivity contribution in [3.63, 3.8) is 0 Å². The number of nitrogens with zero attached hydrogens (tertiary/aromatic N) is 3. The van der Waals surface area contributed by atoms with Crippen molar-refractivity contribution in [2.75, 3.05) is 5.73 Å². The maximum atomic E-state index is 13.2. The summed E-state index contributed by atoms with van der Waals surface area (Å²) in [6.07, 6.45) is 3.21. The van der Waals surface area contributed by atoms with Crippen LogP contribution in [0.1, 0.15) is 11.3 Å². The van der Waals surface area contributed by atoms with Crippen LogP contribution in [0, 0.1) is 12.7 Å². The molecule has 0 spiro atoms. The summed E-state index contributed by atoms with van der Waals surface area (Å²) in [6.45, 7) is 1.82. The van der Waals surface area contributed by atoms with Crippen LogP contribution in [-0.4, -0.2) is 15.9 Å². The Morgan fingerprint density at radius 1 is 1.53 bits per heavy atom. The summed E-state index contributed by atoms with van der Waals surface area (Å²) in [7, 11) is 0. The van der Waals surface area contributed by atoms with Crippen molar-refractivity contribution in [2.24, 2.45) is 5.10 Å². The van der Waals surface area contributed by atoms with E-state index in [1.54, 1.807) is 18.3 Å². The Balaban J connectivity index is 2.32. The largest absolute Gasteiger partial charge is 0.368 e. The number of anilines is 1. The van der Waals surface area contributed by atoms with Crippen molar-refractivity contribution in [1.29, 1.82) is 0 Å². The fourth-order valence-corrected chi connectivity index (χ4v) is 1.71. The second-order valence-electron chi connectivity index (χ2n) is 3.47. The number of hydrogen-bond donors (Lipinski definition) is 1. The molecule has 0 aliphatic carbocycles. The summed E-state index contributed by atoms with van der Waals surface area (Å²) < 4.78 is 15.0. The zero-order chi connectivity index (χ0) is 12.4. The van der Waals surface area contributed by atoms with Gasteiger partial charge in [-0.15, -0.1) is 0 Å². The van der Waals surface area contributed by atoms with Crippen molar-refractivity contribution in [3.05, 3.63) is 45.9 Å². The third-order valence-corrected chi connectivity index (χ3v) is 2.97. The number of hydrogen-bond acceptors (Lipinski definition) is 3. The molecule has 0 amide bonds. The second-order valence-corrected chi connectivity index (χ2v) is 4.27. The Morgan fingerprint density at radius 3 is 2.94 bits per heavy atom. The molecule has 0 saturated carbocycles. The molecule has 1 aromatic carbocycles. The minimum absolute atomic E-state index is 0.297. The second kappa shape index (κ2) is 4.67. The molecule has 1 heterocycles. The van der Waals surface area contributed by atoms with E-state index in [9.17, 15) is 4.39 Å². The van der Waals surface area contributed by atoms with Crippen molar-refractivity contribution >= 4 is 28.1 Å². The van der Waals surface area contributed by atoms with E-state index in [0.717, 1.165) is 5.69 Å². The van der Waals surface area contributed by atoms with Crippen LogP contribution in [0.4, 0.5) is 10.3 Å². The van der Waals surface area contributed by atoms with Crippen molar-refractivity contribution < 1.29 is 4.39 Å². The molecule has 0 saturated heterocycles. The highest BCUT2D eigenvalue weighted by molar-refractivity contribution is 9.10. The first-order chi connectivity index (χ1) is 8.08. The number of rotatable bonds is 2. The molecule has 0 aliphatic rings. The molecule has 1 aromatic heterocycles. The third kappa shape index (κ3) is 2.52. The van der Waals surface area contributed by atoms with Crippen LogP contribution in [0.15, 0.2) is 34.0 Å². The van der Waals surface area contributed by atoms with Gasteiger partial charge in [-0.2, -0.15) is 5.10 Å². The molecule has 2 aromatic rings. The minimum Gasteiger partial charge on any atom is -0.368 e. The lowest BCUT2D eigenvalue weighted by atomic mass is 10.2. The highest BCUT2D eigenvalue weighted by Crippen LogP contribution is 2.18. The molecule has 0 aliphatic heterocycles. The number of imidazole rings is 1. The van der Waals surface area contributed by atoms with Gasteiger partial charge in [0.05, 0.1) is 22.6 Å².